The van der Waals surface area contributed by atoms with Crippen molar-refractivity contribution in [3.8, 4) is 0 Å². The fraction of sp³-hybridized carbons (Fsp3) is 0.818. The van der Waals surface area contributed by atoms with Crippen LogP contribution in [0.5, 0.6) is 0 Å². The van der Waals surface area contributed by atoms with Crippen LogP contribution in [-0.4, -0.2) is 61.4 Å². The lowest BCUT2D eigenvalue weighted by Crippen LogP contribution is -2.49. The second-order valence-electron chi connectivity index (χ2n) is 3.98. The molecule has 0 saturated carbocycles. The Morgan fingerprint density at radius 3 is 2.76 bits per heavy atom. The molecule has 1 N–H and O–H groups in total. The van der Waals surface area contributed by atoms with Gasteiger partial charge in [-0.05, 0) is 19.3 Å². The summed E-state index contributed by atoms with van der Waals surface area (Å²) in [5, 5.41) is 9.01. The van der Waals surface area contributed by atoms with Crippen molar-refractivity contribution in [2.24, 2.45) is 0 Å². The van der Waals surface area contributed by atoms with Crippen molar-refractivity contribution in [3.05, 3.63) is 0 Å². The number of methoxy groups -OCH3 is 1. The molecular formula is C11H19NO5. The molecule has 6 nitrogen and oxygen atoms in total. The van der Waals surface area contributed by atoms with E-state index in [1.165, 1.54) is 4.90 Å². The standard InChI is InChI=1S/C11H19NO5/c1-16-6-7-17-8-10(13)12-5-3-2-4-9(12)11(14)15/h9H,2-8H2,1H3,(H,14,15)/t9-/m0/s1. The summed E-state index contributed by atoms with van der Waals surface area (Å²) in [5.74, 6) is -1.19. The van der Waals surface area contributed by atoms with E-state index in [0.717, 1.165) is 12.8 Å². The van der Waals surface area contributed by atoms with Crippen molar-refractivity contribution in [2.45, 2.75) is 25.3 Å². The second kappa shape index (κ2) is 7.24. The summed E-state index contributed by atoms with van der Waals surface area (Å²) in [6, 6.07) is -0.692. The molecule has 98 valence electrons. The van der Waals surface area contributed by atoms with E-state index in [1.54, 1.807) is 7.11 Å². The first kappa shape index (κ1) is 13.9. The van der Waals surface area contributed by atoms with Crippen LogP contribution in [0.4, 0.5) is 0 Å². The Morgan fingerprint density at radius 1 is 1.35 bits per heavy atom. The first-order valence-electron chi connectivity index (χ1n) is 5.75. The van der Waals surface area contributed by atoms with Gasteiger partial charge >= 0.3 is 5.97 Å². The average molecular weight is 245 g/mol. The first-order chi connectivity index (χ1) is 8.16. The SMILES string of the molecule is COCCOCC(=O)N1CCCC[C@H]1C(=O)O. The summed E-state index contributed by atoms with van der Waals surface area (Å²) in [6.07, 6.45) is 2.23. The number of carbonyl (C=O) groups excluding carboxylic acids is 1. The molecular weight excluding hydrogens is 226 g/mol. The zero-order valence-electron chi connectivity index (χ0n) is 10.1. The molecule has 1 aliphatic heterocycles. The number of aliphatic carboxylic acids is 1. The molecule has 1 heterocycles. The molecule has 1 rings (SSSR count). The highest BCUT2D eigenvalue weighted by atomic mass is 16.5. The van der Waals surface area contributed by atoms with E-state index in [9.17, 15) is 9.59 Å². The Morgan fingerprint density at radius 2 is 2.12 bits per heavy atom. The molecule has 1 aliphatic rings. The van der Waals surface area contributed by atoms with Crippen LogP contribution in [0.2, 0.25) is 0 Å². The molecule has 0 aromatic rings. The number of ether oxygens (including phenoxy) is 2. The quantitative estimate of drug-likeness (QED) is 0.672. The number of carboxylic acid groups (broad SMARTS) is 1. The van der Waals surface area contributed by atoms with Gasteiger partial charge in [0.2, 0.25) is 5.91 Å². The Labute approximate surface area is 100 Å². The molecule has 17 heavy (non-hydrogen) atoms. The number of hydrogen-bond donors (Lipinski definition) is 1. The highest BCUT2D eigenvalue weighted by Gasteiger charge is 2.31. The minimum Gasteiger partial charge on any atom is -0.480 e. The van der Waals surface area contributed by atoms with Crippen molar-refractivity contribution in [2.75, 3.05) is 33.5 Å². The predicted molar refractivity (Wildman–Crippen MR) is 59.7 cm³/mol. The van der Waals surface area contributed by atoms with Crippen LogP contribution < -0.4 is 0 Å². The van der Waals surface area contributed by atoms with Crippen LogP contribution in [0.3, 0.4) is 0 Å². The van der Waals surface area contributed by atoms with Gasteiger partial charge in [-0.2, -0.15) is 0 Å². The fourth-order valence-corrected chi connectivity index (χ4v) is 1.87. The van der Waals surface area contributed by atoms with E-state index in [4.69, 9.17) is 14.6 Å². The van der Waals surface area contributed by atoms with Crippen molar-refractivity contribution >= 4 is 11.9 Å². The van der Waals surface area contributed by atoms with Gasteiger partial charge in [0.25, 0.3) is 0 Å². The van der Waals surface area contributed by atoms with Gasteiger partial charge in [0.05, 0.1) is 13.2 Å². The lowest BCUT2D eigenvalue weighted by Gasteiger charge is -2.32. The van der Waals surface area contributed by atoms with Gasteiger partial charge in [-0.3, -0.25) is 4.79 Å². The molecule has 1 atom stereocenters. The molecule has 1 amide bonds. The van der Waals surface area contributed by atoms with Crippen LogP contribution in [0.15, 0.2) is 0 Å². The third-order valence-electron chi connectivity index (χ3n) is 2.77. The van der Waals surface area contributed by atoms with Crippen LogP contribution in [0, 0.1) is 0 Å². The fourth-order valence-electron chi connectivity index (χ4n) is 1.87. The second-order valence-corrected chi connectivity index (χ2v) is 3.98. The number of hydrogen-bond acceptors (Lipinski definition) is 4. The number of piperidine rings is 1. The minimum absolute atomic E-state index is 0.0762. The van der Waals surface area contributed by atoms with E-state index >= 15 is 0 Å². The van der Waals surface area contributed by atoms with Gasteiger partial charge in [0.1, 0.15) is 12.6 Å². The third kappa shape index (κ3) is 4.32. The minimum atomic E-state index is -0.935. The van der Waals surface area contributed by atoms with E-state index in [2.05, 4.69) is 0 Å². The van der Waals surface area contributed by atoms with Crippen molar-refractivity contribution in [1.82, 2.24) is 4.90 Å². The van der Waals surface area contributed by atoms with E-state index in [0.29, 0.717) is 26.2 Å². The van der Waals surface area contributed by atoms with Crippen molar-refractivity contribution < 1.29 is 24.2 Å². The first-order valence-corrected chi connectivity index (χ1v) is 5.75. The Hall–Kier alpha value is -1.14. The highest BCUT2D eigenvalue weighted by Crippen LogP contribution is 2.17. The summed E-state index contributed by atoms with van der Waals surface area (Å²) in [5.41, 5.74) is 0. The molecule has 6 heteroatoms. The zero-order valence-corrected chi connectivity index (χ0v) is 10.1. The van der Waals surface area contributed by atoms with Gasteiger partial charge in [0, 0.05) is 13.7 Å². The summed E-state index contributed by atoms with van der Waals surface area (Å²) in [4.78, 5) is 24.2. The molecule has 0 aromatic carbocycles. The smallest absolute Gasteiger partial charge is 0.326 e. The van der Waals surface area contributed by atoms with E-state index in [1.807, 2.05) is 0 Å². The number of carboxylic acids is 1. The van der Waals surface area contributed by atoms with Crippen molar-refractivity contribution in [3.63, 3.8) is 0 Å². The van der Waals surface area contributed by atoms with Gasteiger partial charge in [-0.1, -0.05) is 0 Å². The molecule has 0 radical (unpaired) electrons. The molecule has 0 aromatic heterocycles. The normalized spacial score (nSPS) is 20.3. The summed E-state index contributed by atoms with van der Waals surface area (Å²) in [7, 11) is 1.55. The lowest BCUT2D eigenvalue weighted by molar-refractivity contribution is -0.154. The molecule has 0 bridgehead atoms. The largest absolute Gasteiger partial charge is 0.480 e. The van der Waals surface area contributed by atoms with E-state index in [-0.39, 0.29) is 12.5 Å². The number of rotatable bonds is 6. The molecule has 0 spiro atoms. The summed E-state index contributed by atoms with van der Waals surface area (Å²) < 4.78 is 9.89. The van der Waals surface area contributed by atoms with Crippen molar-refractivity contribution in [1.29, 1.82) is 0 Å². The maximum Gasteiger partial charge on any atom is 0.326 e. The highest BCUT2D eigenvalue weighted by molar-refractivity contribution is 5.84. The Balaban J connectivity index is 2.39. The van der Waals surface area contributed by atoms with Gasteiger partial charge in [0.15, 0.2) is 0 Å². The number of likely N-dealkylation sites (tertiary alicyclic amines) is 1. The number of carbonyl (C=O) groups is 2. The van der Waals surface area contributed by atoms with Gasteiger partial charge in [-0.25, -0.2) is 4.79 Å². The van der Waals surface area contributed by atoms with E-state index < -0.39 is 12.0 Å². The predicted octanol–water partition coefficient (Wildman–Crippen LogP) is 0.115. The maximum atomic E-state index is 11.8. The maximum absolute atomic E-state index is 11.8. The lowest BCUT2D eigenvalue weighted by atomic mass is 10.0. The summed E-state index contributed by atoms with van der Waals surface area (Å²) in [6.45, 7) is 1.19. The average Bonchev–Trinajstić information content (AvgIpc) is 2.34. The number of amides is 1. The van der Waals surface area contributed by atoms with Gasteiger partial charge < -0.3 is 19.5 Å². The molecule has 0 unspecified atom stereocenters. The van der Waals surface area contributed by atoms with Crippen LogP contribution >= 0.6 is 0 Å². The van der Waals surface area contributed by atoms with Crippen LogP contribution in [-0.2, 0) is 19.1 Å². The van der Waals surface area contributed by atoms with Crippen LogP contribution in [0.1, 0.15) is 19.3 Å². The number of nitrogens with zero attached hydrogens (tertiary/aromatic N) is 1. The van der Waals surface area contributed by atoms with Gasteiger partial charge in [-0.15, -0.1) is 0 Å². The topological polar surface area (TPSA) is 76.1 Å². The third-order valence-corrected chi connectivity index (χ3v) is 2.77. The molecule has 0 aliphatic carbocycles. The summed E-state index contributed by atoms with van der Waals surface area (Å²) >= 11 is 0. The monoisotopic (exact) mass is 245 g/mol. The zero-order chi connectivity index (χ0) is 12.7. The Bertz CT molecular complexity index is 269. The molecule has 1 fully saturated rings. The van der Waals surface area contributed by atoms with Crippen LogP contribution in [0.25, 0.3) is 0 Å². The Kier molecular flexibility index (Phi) is 5.93. The molecule has 1 saturated heterocycles.